The van der Waals surface area contributed by atoms with Crippen molar-refractivity contribution in [2.45, 2.75) is 0 Å². The van der Waals surface area contributed by atoms with Gasteiger partial charge in [-0.05, 0) is 0 Å². The molecule has 6 heteroatoms. The predicted molar refractivity (Wildman–Crippen MR) is 36.9 cm³/mol. The van der Waals surface area contributed by atoms with Gasteiger partial charge in [0.25, 0.3) is 10.1 Å². The minimum absolute atomic E-state index is 0.465. The Morgan fingerprint density at radius 3 is 1.80 bits per heavy atom. The quantitative estimate of drug-likeness (QED) is 0.424. The van der Waals surface area contributed by atoms with Gasteiger partial charge in [-0.2, -0.15) is 8.42 Å². The molecule has 0 aliphatic rings. The summed E-state index contributed by atoms with van der Waals surface area (Å²) in [6.07, 6.45) is 0.625. The standard InChI is InChI=1S/C2H5NO.C2H4O3S/c1-3-2-4;1-2-6(3,4)5/h2H,1H3,(H,3,4);2H,1H2,(H,3,4,5). The molecule has 0 saturated carbocycles. The minimum atomic E-state index is -3.90. The van der Waals surface area contributed by atoms with Crippen LogP contribution in [-0.2, 0) is 14.9 Å². The summed E-state index contributed by atoms with van der Waals surface area (Å²) in [6, 6.07) is 0. The van der Waals surface area contributed by atoms with Crippen molar-refractivity contribution in [2.24, 2.45) is 0 Å². The van der Waals surface area contributed by atoms with E-state index in [2.05, 4.69) is 11.9 Å². The monoisotopic (exact) mass is 167 g/mol. The Bertz CT molecular complexity index is 172. The average molecular weight is 167 g/mol. The van der Waals surface area contributed by atoms with Gasteiger partial charge in [0, 0.05) is 7.05 Å². The number of amides is 1. The van der Waals surface area contributed by atoms with Crippen LogP contribution in [0.5, 0.6) is 0 Å². The third kappa shape index (κ3) is 27.4. The summed E-state index contributed by atoms with van der Waals surface area (Å²) < 4.78 is 26.6. The summed E-state index contributed by atoms with van der Waals surface area (Å²) in [5.74, 6) is 0. The number of hydrogen-bond acceptors (Lipinski definition) is 3. The summed E-state index contributed by atoms with van der Waals surface area (Å²) in [4.78, 5) is 9.06. The van der Waals surface area contributed by atoms with E-state index in [0.717, 1.165) is 0 Å². The molecule has 0 spiro atoms. The Kier molecular flexibility index (Phi) is 7.41. The second-order valence-corrected chi connectivity index (χ2v) is 2.45. The van der Waals surface area contributed by atoms with Crippen molar-refractivity contribution in [3.05, 3.63) is 12.0 Å². The first-order valence-corrected chi connectivity index (χ1v) is 3.69. The summed E-state index contributed by atoms with van der Waals surface area (Å²) in [5.41, 5.74) is 0. The first-order valence-electron chi connectivity index (χ1n) is 2.18. The SMILES string of the molecule is C=CS(=O)(=O)O.CNC=O. The van der Waals surface area contributed by atoms with E-state index in [4.69, 9.17) is 9.35 Å². The molecule has 0 saturated heterocycles. The van der Waals surface area contributed by atoms with Gasteiger partial charge in [0.1, 0.15) is 0 Å². The minimum Gasteiger partial charge on any atom is -0.362 e. The van der Waals surface area contributed by atoms with E-state index in [1.807, 2.05) is 0 Å². The lowest BCUT2D eigenvalue weighted by Crippen LogP contribution is -1.98. The smallest absolute Gasteiger partial charge is 0.287 e. The second-order valence-electron chi connectivity index (χ2n) is 1.09. The van der Waals surface area contributed by atoms with Gasteiger partial charge in [-0.25, -0.2) is 0 Å². The maximum Gasteiger partial charge on any atom is 0.287 e. The van der Waals surface area contributed by atoms with Gasteiger partial charge >= 0.3 is 0 Å². The van der Waals surface area contributed by atoms with E-state index < -0.39 is 10.1 Å². The van der Waals surface area contributed by atoms with Crippen molar-refractivity contribution in [3.8, 4) is 0 Å². The molecule has 0 unspecified atom stereocenters. The molecule has 0 aliphatic heterocycles. The van der Waals surface area contributed by atoms with Crippen LogP contribution in [0, 0.1) is 0 Å². The van der Waals surface area contributed by atoms with Crippen molar-refractivity contribution >= 4 is 16.5 Å². The maximum absolute atomic E-state index is 9.44. The summed E-state index contributed by atoms with van der Waals surface area (Å²) in [6.45, 7) is 2.79. The molecule has 0 aromatic rings. The fraction of sp³-hybridized carbons (Fsp3) is 0.250. The topological polar surface area (TPSA) is 83.5 Å². The molecule has 5 nitrogen and oxygen atoms in total. The Balaban J connectivity index is 0. The van der Waals surface area contributed by atoms with Gasteiger partial charge in [0.2, 0.25) is 6.41 Å². The molecule has 60 valence electrons. The summed E-state index contributed by atoms with van der Waals surface area (Å²) in [5, 5.41) is 2.72. The van der Waals surface area contributed by atoms with Crippen molar-refractivity contribution in [1.82, 2.24) is 5.32 Å². The molecule has 2 N–H and O–H groups in total. The third-order valence-corrected chi connectivity index (χ3v) is 0.750. The molecule has 0 bridgehead atoms. The predicted octanol–water partition coefficient (Wildman–Crippen LogP) is -0.620. The van der Waals surface area contributed by atoms with E-state index in [0.29, 0.717) is 11.8 Å². The van der Waals surface area contributed by atoms with Crippen LogP contribution in [0.4, 0.5) is 0 Å². The highest BCUT2D eigenvalue weighted by Gasteiger charge is 1.87. The molecule has 10 heavy (non-hydrogen) atoms. The molecule has 0 aromatic heterocycles. The fourth-order valence-corrected chi connectivity index (χ4v) is 0. The highest BCUT2D eigenvalue weighted by Crippen LogP contribution is 1.75. The first-order chi connectivity index (χ1) is 4.47. The molecule has 0 heterocycles. The fourth-order valence-electron chi connectivity index (χ4n) is 0. The van der Waals surface area contributed by atoms with Crippen LogP contribution in [0.25, 0.3) is 0 Å². The Labute approximate surface area is 59.5 Å². The Hall–Kier alpha value is -0.880. The summed E-state index contributed by atoms with van der Waals surface area (Å²) >= 11 is 0. The molecular formula is C4H9NO4S. The van der Waals surface area contributed by atoms with Crippen molar-refractivity contribution in [1.29, 1.82) is 0 Å². The molecule has 0 atom stereocenters. The second kappa shape index (κ2) is 6.24. The lowest BCUT2D eigenvalue weighted by Gasteiger charge is -1.73. The number of carbonyl (C=O) groups excluding carboxylic acids is 1. The van der Waals surface area contributed by atoms with Gasteiger partial charge in [0.05, 0.1) is 5.41 Å². The normalized spacial score (nSPS) is 8.60. The van der Waals surface area contributed by atoms with E-state index in [1.54, 1.807) is 7.05 Å². The molecule has 0 aliphatic carbocycles. The van der Waals surface area contributed by atoms with E-state index >= 15 is 0 Å². The van der Waals surface area contributed by atoms with Crippen LogP contribution in [0.1, 0.15) is 0 Å². The first kappa shape index (κ1) is 11.9. The van der Waals surface area contributed by atoms with Gasteiger partial charge in [-0.15, -0.1) is 0 Å². The summed E-state index contributed by atoms with van der Waals surface area (Å²) in [7, 11) is -2.34. The third-order valence-electron chi connectivity index (χ3n) is 0.328. The lowest BCUT2D eigenvalue weighted by atomic mass is 11.2. The molecular weight excluding hydrogens is 158 g/mol. The Morgan fingerprint density at radius 1 is 1.60 bits per heavy atom. The van der Waals surface area contributed by atoms with Crippen LogP contribution >= 0.6 is 0 Å². The highest BCUT2D eigenvalue weighted by molar-refractivity contribution is 7.88. The van der Waals surface area contributed by atoms with Crippen molar-refractivity contribution in [3.63, 3.8) is 0 Å². The lowest BCUT2D eigenvalue weighted by molar-refractivity contribution is -0.109. The molecule has 0 rings (SSSR count). The van der Waals surface area contributed by atoms with Gasteiger partial charge < -0.3 is 5.32 Å². The van der Waals surface area contributed by atoms with Crippen LogP contribution in [-0.4, -0.2) is 26.4 Å². The number of nitrogens with one attached hydrogen (secondary N) is 1. The largest absolute Gasteiger partial charge is 0.362 e. The molecule has 0 radical (unpaired) electrons. The zero-order valence-corrected chi connectivity index (χ0v) is 6.26. The van der Waals surface area contributed by atoms with Crippen molar-refractivity contribution < 1.29 is 17.8 Å². The molecule has 1 amide bonds. The van der Waals surface area contributed by atoms with E-state index in [9.17, 15) is 8.42 Å². The van der Waals surface area contributed by atoms with Gasteiger partial charge in [-0.3, -0.25) is 9.35 Å². The van der Waals surface area contributed by atoms with E-state index in [1.165, 1.54) is 0 Å². The number of carbonyl (C=O) groups is 1. The zero-order chi connectivity index (χ0) is 8.62. The molecule has 0 aromatic carbocycles. The number of rotatable bonds is 2. The van der Waals surface area contributed by atoms with Gasteiger partial charge in [-0.1, -0.05) is 6.58 Å². The van der Waals surface area contributed by atoms with Gasteiger partial charge in [0.15, 0.2) is 0 Å². The maximum atomic E-state index is 9.44. The zero-order valence-electron chi connectivity index (χ0n) is 5.44. The molecule has 0 fully saturated rings. The van der Waals surface area contributed by atoms with Crippen LogP contribution in [0.15, 0.2) is 12.0 Å². The number of hydrogen-bond donors (Lipinski definition) is 2. The van der Waals surface area contributed by atoms with Crippen LogP contribution in [0.3, 0.4) is 0 Å². The average Bonchev–Trinajstić information content (AvgIpc) is 1.87. The highest BCUT2D eigenvalue weighted by atomic mass is 32.2. The van der Waals surface area contributed by atoms with Crippen LogP contribution < -0.4 is 5.32 Å². The van der Waals surface area contributed by atoms with Crippen LogP contribution in [0.2, 0.25) is 0 Å². The Morgan fingerprint density at radius 2 is 1.80 bits per heavy atom. The van der Waals surface area contributed by atoms with Crippen molar-refractivity contribution in [2.75, 3.05) is 7.05 Å². The van der Waals surface area contributed by atoms with E-state index in [-0.39, 0.29) is 0 Å².